The number of carbonyl (C=O) groups is 1. The van der Waals surface area contributed by atoms with Crippen molar-refractivity contribution >= 4 is 17.7 Å². The lowest BCUT2D eigenvalue weighted by Crippen LogP contribution is -2.35. The van der Waals surface area contributed by atoms with Gasteiger partial charge in [0.25, 0.3) is 0 Å². The first-order valence-corrected chi connectivity index (χ1v) is 17.3. The maximum absolute atomic E-state index is 12.0. The van der Waals surface area contributed by atoms with Gasteiger partial charge in [0.1, 0.15) is 5.69 Å². The van der Waals surface area contributed by atoms with Crippen LogP contribution in [-0.4, -0.2) is 129 Å². The third kappa shape index (κ3) is 16.3. The summed E-state index contributed by atoms with van der Waals surface area (Å²) in [5.74, 6) is 1.53. The summed E-state index contributed by atoms with van der Waals surface area (Å²) in [6.45, 7) is 10.9. The van der Waals surface area contributed by atoms with Crippen molar-refractivity contribution < 1.29 is 28.5 Å². The quantitative estimate of drug-likeness (QED) is 0.269. The van der Waals surface area contributed by atoms with Gasteiger partial charge in [-0.25, -0.2) is 9.78 Å². The van der Waals surface area contributed by atoms with Gasteiger partial charge in [0.15, 0.2) is 0 Å². The lowest BCUT2D eigenvalue weighted by Gasteiger charge is -2.25. The molecule has 252 valence electrons. The maximum Gasteiger partial charge on any atom is 0.356 e. The summed E-state index contributed by atoms with van der Waals surface area (Å²) >= 11 is 1.92. The Bertz CT molecular complexity index is 1080. The Kier molecular flexibility index (Phi) is 19.2. The standard InChI is InChI=1S/C33H53N5O6S/c1-28-8-6-9-29(35-28)24-38-14-18-42-22-21-41-17-13-37(25-30-10-7-11-32(36-30)33(39)40-2)15-19-43-26-31(44-20-16-38)27-45-23-5-3-4-12-34/h6-11,31H,3-5,12-27,34H2,1-2H3/t31-/m0/s1. The van der Waals surface area contributed by atoms with E-state index in [-0.39, 0.29) is 6.10 Å². The van der Waals surface area contributed by atoms with Gasteiger partial charge in [-0.3, -0.25) is 14.8 Å². The average molecular weight is 648 g/mol. The molecule has 1 fully saturated rings. The summed E-state index contributed by atoms with van der Waals surface area (Å²) in [5, 5.41) is 0. The molecule has 0 radical (unpaired) electrons. The van der Waals surface area contributed by atoms with E-state index >= 15 is 0 Å². The van der Waals surface area contributed by atoms with E-state index in [4.69, 9.17) is 34.4 Å². The van der Waals surface area contributed by atoms with Crippen LogP contribution in [0.2, 0.25) is 0 Å². The summed E-state index contributed by atoms with van der Waals surface area (Å²) in [6, 6.07) is 11.6. The number of carbonyl (C=O) groups excluding carboxylic acids is 1. The Morgan fingerprint density at radius 3 is 2.18 bits per heavy atom. The van der Waals surface area contributed by atoms with Gasteiger partial charge in [-0.05, 0) is 56.3 Å². The number of unbranched alkanes of at least 4 members (excludes halogenated alkanes) is 2. The topological polar surface area (TPSA) is 122 Å². The number of methoxy groups -OCH3 is 1. The fourth-order valence-corrected chi connectivity index (χ4v) is 5.85. The van der Waals surface area contributed by atoms with Crippen LogP contribution in [0.15, 0.2) is 36.4 Å². The maximum atomic E-state index is 12.0. The molecule has 2 aromatic rings. The van der Waals surface area contributed by atoms with Gasteiger partial charge in [-0.2, -0.15) is 11.8 Å². The van der Waals surface area contributed by atoms with Crippen LogP contribution in [-0.2, 0) is 36.8 Å². The molecule has 0 bridgehead atoms. The smallest absolute Gasteiger partial charge is 0.356 e. The van der Waals surface area contributed by atoms with Crippen molar-refractivity contribution in [1.29, 1.82) is 0 Å². The highest BCUT2D eigenvalue weighted by atomic mass is 32.2. The fraction of sp³-hybridized carbons (Fsp3) is 0.667. The van der Waals surface area contributed by atoms with Crippen LogP contribution < -0.4 is 5.73 Å². The molecule has 0 saturated carbocycles. The van der Waals surface area contributed by atoms with E-state index in [1.165, 1.54) is 7.11 Å². The van der Waals surface area contributed by atoms with Gasteiger partial charge >= 0.3 is 5.97 Å². The monoisotopic (exact) mass is 647 g/mol. The molecule has 1 saturated heterocycles. The highest BCUT2D eigenvalue weighted by molar-refractivity contribution is 7.99. The number of nitrogens with zero attached hydrogens (tertiary/aromatic N) is 4. The molecule has 12 heteroatoms. The van der Waals surface area contributed by atoms with Crippen LogP contribution in [0, 0.1) is 6.92 Å². The first kappa shape index (κ1) is 37.3. The second-order valence-electron chi connectivity index (χ2n) is 11.0. The Morgan fingerprint density at radius 1 is 0.867 bits per heavy atom. The van der Waals surface area contributed by atoms with E-state index in [9.17, 15) is 4.79 Å². The van der Waals surface area contributed by atoms with Crippen LogP contribution in [0.1, 0.15) is 46.8 Å². The lowest BCUT2D eigenvalue weighted by molar-refractivity contribution is -0.0238. The number of esters is 1. The van der Waals surface area contributed by atoms with Gasteiger partial charge in [0, 0.05) is 50.7 Å². The Hall–Kier alpha value is -2.16. The Labute approximate surface area is 273 Å². The van der Waals surface area contributed by atoms with Gasteiger partial charge in [0.2, 0.25) is 0 Å². The van der Waals surface area contributed by atoms with Gasteiger partial charge in [-0.15, -0.1) is 0 Å². The zero-order valence-electron chi connectivity index (χ0n) is 27.2. The van der Waals surface area contributed by atoms with E-state index < -0.39 is 5.97 Å². The highest BCUT2D eigenvalue weighted by Gasteiger charge is 2.15. The van der Waals surface area contributed by atoms with Crippen LogP contribution in [0.3, 0.4) is 0 Å². The second kappa shape index (κ2) is 23.2. The average Bonchev–Trinajstić information content (AvgIpc) is 3.04. The number of rotatable bonds is 12. The van der Waals surface area contributed by atoms with Crippen LogP contribution >= 0.6 is 11.8 Å². The van der Waals surface area contributed by atoms with Crippen molar-refractivity contribution in [3.63, 3.8) is 0 Å². The highest BCUT2D eigenvalue weighted by Crippen LogP contribution is 2.12. The molecule has 0 aliphatic carbocycles. The van der Waals surface area contributed by atoms with E-state index in [2.05, 4.69) is 26.9 Å². The number of thioether (sulfide) groups is 1. The number of nitrogens with two attached hydrogens (primary N) is 1. The number of ether oxygens (including phenoxy) is 5. The number of pyridine rings is 2. The predicted molar refractivity (Wildman–Crippen MR) is 178 cm³/mol. The second-order valence-corrected chi connectivity index (χ2v) is 12.2. The van der Waals surface area contributed by atoms with Crippen molar-refractivity contribution in [3.8, 4) is 0 Å². The van der Waals surface area contributed by atoms with Crippen LogP contribution in [0.25, 0.3) is 0 Å². The fourth-order valence-electron chi connectivity index (χ4n) is 4.82. The Morgan fingerprint density at radius 2 is 1.51 bits per heavy atom. The largest absolute Gasteiger partial charge is 0.464 e. The normalized spacial score (nSPS) is 19.0. The van der Waals surface area contributed by atoms with Crippen molar-refractivity contribution in [2.24, 2.45) is 5.73 Å². The van der Waals surface area contributed by atoms with Crippen molar-refractivity contribution in [3.05, 3.63) is 59.2 Å². The summed E-state index contributed by atoms with van der Waals surface area (Å²) in [7, 11) is 1.36. The number of aromatic nitrogens is 2. The van der Waals surface area contributed by atoms with Gasteiger partial charge < -0.3 is 29.4 Å². The van der Waals surface area contributed by atoms with Crippen molar-refractivity contribution in [2.75, 3.05) is 97.6 Å². The minimum absolute atomic E-state index is 0.00576. The molecule has 2 N–H and O–H groups in total. The molecule has 3 rings (SSSR count). The van der Waals surface area contributed by atoms with Crippen LogP contribution in [0.4, 0.5) is 0 Å². The molecular weight excluding hydrogens is 594 g/mol. The number of hydrogen-bond donors (Lipinski definition) is 1. The molecule has 1 aliphatic rings. The molecule has 0 spiro atoms. The minimum Gasteiger partial charge on any atom is -0.464 e. The third-order valence-corrected chi connectivity index (χ3v) is 8.49. The van der Waals surface area contributed by atoms with Gasteiger partial charge in [-0.1, -0.05) is 18.6 Å². The molecule has 0 amide bonds. The minimum atomic E-state index is -0.443. The molecule has 45 heavy (non-hydrogen) atoms. The summed E-state index contributed by atoms with van der Waals surface area (Å²) in [5.41, 5.74) is 8.81. The number of hydrogen-bond acceptors (Lipinski definition) is 12. The molecule has 0 aromatic carbocycles. The predicted octanol–water partition coefficient (Wildman–Crippen LogP) is 3.19. The van der Waals surface area contributed by atoms with Gasteiger partial charge in [0.05, 0.1) is 70.8 Å². The van der Waals surface area contributed by atoms with Crippen molar-refractivity contribution in [1.82, 2.24) is 19.8 Å². The molecule has 0 unspecified atom stereocenters. The summed E-state index contributed by atoms with van der Waals surface area (Å²) < 4.78 is 29.3. The first-order valence-electron chi connectivity index (χ1n) is 16.1. The first-order chi connectivity index (χ1) is 22.1. The third-order valence-electron chi connectivity index (χ3n) is 7.31. The summed E-state index contributed by atoms with van der Waals surface area (Å²) in [6.07, 6.45) is 3.39. The van der Waals surface area contributed by atoms with E-state index in [1.54, 1.807) is 6.07 Å². The zero-order valence-corrected chi connectivity index (χ0v) is 28.0. The van der Waals surface area contributed by atoms with E-state index in [1.807, 2.05) is 36.9 Å². The molecular formula is C33H53N5O6S. The van der Waals surface area contributed by atoms with Crippen molar-refractivity contribution in [2.45, 2.75) is 45.4 Å². The Balaban J connectivity index is 1.59. The zero-order chi connectivity index (χ0) is 32.0. The van der Waals surface area contributed by atoms with E-state index in [0.29, 0.717) is 71.6 Å². The summed E-state index contributed by atoms with van der Waals surface area (Å²) in [4.78, 5) is 25.7. The van der Waals surface area contributed by atoms with E-state index in [0.717, 1.165) is 74.0 Å². The number of aryl methyl sites for hydroxylation is 1. The SMILES string of the molecule is COC(=O)c1cccc(CN2CCOCCOCCN(Cc3cccc(C)n3)CCO[C@H](CSCCCCCN)COCC2)n1. The van der Waals surface area contributed by atoms with Crippen LogP contribution in [0.5, 0.6) is 0 Å². The lowest BCUT2D eigenvalue weighted by atomic mass is 10.2. The molecule has 3 heterocycles. The molecule has 11 nitrogen and oxygen atoms in total. The molecule has 2 aromatic heterocycles. The molecule has 1 aliphatic heterocycles. The molecule has 1 atom stereocenters.